The molecule has 8 nitrogen and oxygen atoms in total. The lowest BCUT2D eigenvalue weighted by Gasteiger charge is -2.13. The van der Waals surface area contributed by atoms with Crippen LogP contribution < -0.4 is 16.0 Å². The van der Waals surface area contributed by atoms with Gasteiger partial charge in [0, 0.05) is 30.9 Å². The van der Waals surface area contributed by atoms with Gasteiger partial charge in [-0.3, -0.25) is 4.79 Å². The molecule has 0 unspecified atom stereocenters. The van der Waals surface area contributed by atoms with Crippen LogP contribution in [-0.4, -0.2) is 41.3 Å². The van der Waals surface area contributed by atoms with Crippen LogP contribution in [0.4, 0.5) is 0 Å². The molecule has 2 heterocycles. The van der Waals surface area contributed by atoms with E-state index in [1.807, 2.05) is 37.6 Å². The van der Waals surface area contributed by atoms with Gasteiger partial charge in [-0.1, -0.05) is 18.2 Å². The van der Waals surface area contributed by atoms with Crippen molar-refractivity contribution in [2.75, 3.05) is 19.6 Å². The molecule has 0 aliphatic rings. The zero-order chi connectivity index (χ0) is 22.9. The van der Waals surface area contributed by atoms with Crippen molar-refractivity contribution < 1.29 is 9.21 Å². The summed E-state index contributed by atoms with van der Waals surface area (Å²) in [5.41, 5.74) is 5.05. The van der Waals surface area contributed by atoms with E-state index in [1.54, 1.807) is 6.07 Å². The molecule has 0 atom stereocenters. The topological polar surface area (TPSA) is 96.5 Å². The van der Waals surface area contributed by atoms with Gasteiger partial charge in [-0.25, -0.2) is 9.67 Å². The predicted molar refractivity (Wildman–Crippen MR) is 126 cm³/mol. The van der Waals surface area contributed by atoms with Gasteiger partial charge in [0.2, 0.25) is 0 Å². The molecule has 3 N–H and O–H groups in total. The average molecular weight is 437 g/mol. The van der Waals surface area contributed by atoms with Gasteiger partial charge in [-0.15, -0.1) is 0 Å². The number of benzene rings is 1. The first-order valence-electron chi connectivity index (χ1n) is 11.0. The molecular formula is C24H32N6O2. The number of hydrogen-bond donors (Lipinski definition) is 3. The highest BCUT2D eigenvalue weighted by molar-refractivity contribution is 5.92. The minimum atomic E-state index is -0.186. The summed E-state index contributed by atoms with van der Waals surface area (Å²) in [5.74, 6) is 0.923. The van der Waals surface area contributed by atoms with Gasteiger partial charge >= 0.3 is 0 Å². The molecule has 0 saturated carbocycles. The molecule has 8 heteroatoms. The Morgan fingerprint density at radius 3 is 2.56 bits per heavy atom. The van der Waals surface area contributed by atoms with Gasteiger partial charge in [-0.2, -0.15) is 5.10 Å². The second-order valence-corrected chi connectivity index (χ2v) is 7.63. The smallest absolute Gasteiger partial charge is 0.287 e. The third-order valence-electron chi connectivity index (χ3n) is 4.98. The zero-order valence-electron chi connectivity index (χ0n) is 19.2. The Hall–Kier alpha value is -3.55. The molecule has 0 bridgehead atoms. The molecule has 0 fully saturated rings. The number of carbonyl (C=O) groups is 1. The maximum absolute atomic E-state index is 12.1. The number of guanidine groups is 1. The van der Waals surface area contributed by atoms with Crippen LogP contribution in [0.2, 0.25) is 0 Å². The summed E-state index contributed by atoms with van der Waals surface area (Å²) < 4.78 is 7.18. The summed E-state index contributed by atoms with van der Waals surface area (Å²) in [7, 11) is 0. The summed E-state index contributed by atoms with van der Waals surface area (Å²) in [6.07, 6.45) is 2.29. The van der Waals surface area contributed by atoms with E-state index in [0.717, 1.165) is 47.1 Å². The number of para-hydroxylation sites is 1. The minimum Gasteiger partial charge on any atom is -0.459 e. The highest BCUT2D eigenvalue weighted by atomic mass is 16.3. The molecule has 0 saturated heterocycles. The Morgan fingerprint density at radius 2 is 1.88 bits per heavy atom. The van der Waals surface area contributed by atoms with Gasteiger partial charge < -0.3 is 20.4 Å². The van der Waals surface area contributed by atoms with E-state index in [2.05, 4.69) is 46.2 Å². The number of furan rings is 1. The molecular weight excluding hydrogens is 404 g/mol. The Balaban J connectivity index is 1.55. The van der Waals surface area contributed by atoms with Crippen LogP contribution >= 0.6 is 0 Å². The molecule has 0 aliphatic carbocycles. The van der Waals surface area contributed by atoms with Gasteiger partial charge in [0.1, 0.15) is 0 Å². The highest BCUT2D eigenvalue weighted by Crippen LogP contribution is 2.17. The Morgan fingerprint density at radius 1 is 1.09 bits per heavy atom. The van der Waals surface area contributed by atoms with Crippen molar-refractivity contribution >= 4 is 11.9 Å². The lowest BCUT2D eigenvalue weighted by Crippen LogP contribution is -2.38. The molecule has 0 aliphatic heterocycles. The normalized spacial score (nSPS) is 11.4. The molecule has 3 aromatic rings. The lowest BCUT2D eigenvalue weighted by atomic mass is 10.2. The lowest BCUT2D eigenvalue weighted by molar-refractivity contribution is 0.0925. The molecule has 1 aromatic carbocycles. The number of nitrogens with one attached hydrogen (secondary N) is 3. The number of carbonyl (C=O) groups excluding carboxylic acids is 1. The average Bonchev–Trinajstić information content (AvgIpc) is 3.35. The number of aryl methyl sites for hydroxylation is 3. The van der Waals surface area contributed by atoms with Crippen LogP contribution in [0, 0.1) is 20.8 Å². The maximum atomic E-state index is 12.1. The van der Waals surface area contributed by atoms with Crippen LogP contribution in [0.15, 0.2) is 52.1 Å². The standard InChI is InChI=1S/C24H32N6O2/c1-5-25-24(27-13-8-12-26-23(31)22-17(2)11-14-32-22)28-16-20-9-6-7-10-21(20)30-19(4)15-18(3)29-30/h6-7,9-11,14-15H,5,8,12-13,16H2,1-4H3,(H,26,31)(H2,25,27,28). The zero-order valence-corrected chi connectivity index (χ0v) is 19.2. The summed E-state index contributed by atoms with van der Waals surface area (Å²) in [5, 5.41) is 14.1. The predicted octanol–water partition coefficient (Wildman–Crippen LogP) is 3.27. The number of nitrogens with zero attached hydrogens (tertiary/aromatic N) is 3. The van der Waals surface area contributed by atoms with E-state index < -0.39 is 0 Å². The van der Waals surface area contributed by atoms with Crippen LogP contribution in [0.25, 0.3) is 5.69 Å². The monoisotopic (exact) mass is 436 g/mol. The number of hydrogen-bond acceptors (Lipinski definition) is 4. The maximum Gasteiger partial charge on any atom is 0.287 e. The Kier molecular flexibility index (Phi) is 8.08. The van der Waals surface area contributed by atoms with E-state index in [9.17, 15) is 4.79 Å². The fourth-order valence-electron chi connectivity index (χ4n) is 3.41. The first-order valence-corrected chi connectivity index (χ1v) is 11.0. The van der Waals surface area contributed by atoms with Gasteiger partial charge in [0.05, 0.1) is 24.2 Å². The van der Waals surface area contributed by atoms with Crippen LogP contribution in [0.5, 0.6) is 0 Å². The molecule has 0 spiro atoms. The summed E-state index contributed by atoms with van der Waals surface area (Å²) in [6, 6.07) is 12.0. The van der Waals surface area contributed by atoms with Crippen molar-refractivity contribution in [1.82, 2.24) is 25.7 Å². The summed E-state index contributed by atoms with van der Waals surface area (Å²) >= 11 is 0. The van der Waals surface area contributed by atoms with E-state index in [1.165, 1.54) is 6.26 Å². The van der Waals surface area contributed by atoms with Crippen LogP contribution in [0.3, 0.4) is 0 Å². The second-order valence-electron chi connectivity index (χ2n) is 7.63. The third-order valence-corrected chi connectivity index (χ3v) is 4.98. The van der Waals surface area contributed by atoms with Crippen molar-refractivity contribution in [1.29, 1.82) is 0 Å². The van der Waals surface area contributed by atoms with Crippen LogP contribution in [-0.2, 0) is 6.54 Å². The molecule has 1 amide bonds. The number of aliphatic imine (C=N–C) groups is 1. The van der Waals surface area contributed by atoms with E-state index in [-0.39, 0.29) is 5.91 Å². The SMILES string of the molecule is CCNC(=NCc1ccccc1-n1nc(C)cc1C)NCCCNC(=O)c1occc1C. The third kappa shape index (κ3) is 6.00. The largest absolute Gasteiger partial charge is 0.459 e. The van der Waals surface area contributed by atoms with E-state index in [4.69, 9.17) is 9.41 Å². The fraction of sp³-hybridized carbons (Fsp3) is 0.375. The molecule has 170 valence electrons. The molecule has 2 aromatic heterocycles. The van der Waals surface area contributed by atoms with Crippen molar-refractivity contribution in [2.45, 2.75) is 40.7 Å². The van der Waals surface area contributed by atoms with E-state index in [0.29, 0.717) is 25.4 Å². The molecule has 3 rings (SSSR count). The first kappa shape index (κ1) is 23.1. The Bertz CT molecular complexity index is 1070. The highest BCUT2D eigenvalue weighted by Gasteiger charge is 2.11. The summed E-state index contributed by atoms with van der Waals surface area (Å²) in [6.45, 7) is 10.5. The number of rotatable bonds is 9. The van der Waals surface area contributed by atoms with E-state index >= 15 is 0 Å². The number of aromatic nitrogens is 2. The van der Waals surface area contributed by atoms with Gasteiger partial charge in [0.15, 0.2) is 11.7 Å². The van der Waals surface area contributed by atoms with Gasteiger partial charge in [0.25, 0.3) is 5.91 Å². The van der Waals surface area contributed by atoms with Crippen molar-refractivity contribution in [3.63, 3.8) is 0 Å². The van der Waals surface area contributed by atoms with Crippen LogP contribution in [0.1, 0.15) is 46.4 Å². The Labute approximate surface area is 189 Å². The number of amides is 1. The summed E-state index contributed by atoms with van der Waals surface area (Å²) in [4.78, 5) is 16.8. The minimum absolute atomic E-state index is 0.186. The first-order chi connectivity index (χ1) is 15.5. The van der Waals surface area contributed by atoms with Gasteiger partial charge in [-0.05, 0) is 57.9 Å². The second kappa shape index (κ2) is 11.2. The van der Waals surface area contributed by atoms with Crippen molar-refractivity contribution in [3.05, 3.63) is 70.9 Å². The van der Waals surface area contributed by atoms with Crippen molar-refractivity contribution in [3.8, 4) is 5.69 Å². The molecule has 32 heavy (non-hydrogen) atoms. The quantitative estimate of drug-likeness (QED) is 0.272. The van der Waals surface area contributed by atoms with Crippen molar-refractivity contribution in [2.24, 2.45) is 4.99 Å². The fourth-order valence-corrected chi connectivity index (χ4v) is 3.41. The molecule has 0 radical (unpaired) electrons.